The molecule has 0 aliphatic rings. The highest BCUT2D eigenvalue weighted by Gasteiger charge is 2.21. The Balaban J connectivity index is 1.53. The van der Waals surface area contributed by atoms with Crippen molar-refractivity contribution in [3.63, 3.8) is 0 Å². The van der Waals surface area contributed by atoms with Crippen LogP contribution in [-0.4, -0.2) is 50.3 Å². The minimum absolute atomic E-state index is 0.00990. The summed E-state index contributed by atoms with van der Waals surface area (Å²) in [7, 11) is 0. The van der Waals surface area contributed by atoms with Crippen molar-refractivity contribution >= 4 is 23.9 Å². The summed E-state index contributed by atoms with van der Waals surface area (Å²) in [5.74, 6) is -6.94. The van der Waals surface area contributed by atoms with Crippen LogP contribution in [0.2, 0.25) is 0 Å². The molecule has 0 aromatic heterocycles. The second kappa shape index (κ2) is 15.3. The molecule has 0 aliphatic carbocycles. The number of rotatable bonds is 14. The third-order valence-electron chi connectivity index (χ3n) is 5.12. The summed E-state index contributed by atoms with van der Waals surface area (Å²) < 4.78 is 59.4. The molecule has 0 saturated carbocycles. The molecule has 42 heavy (non-hydrogen) atoms. The van der Waals surface area contributed by atoms with Crippen LogP contribution in [-0.2, 0) is 19.1 Å². The largest absolute Gasteiger partial charge is 0.490 e. The minimum atomic E-state index is -1.54. The van der Waals surface area contributed by atoms with Gasteiger partial charge < -0.3 is 28.4 Å². The monoisotopic (exact) mass is 582 g/mol. The summed E-state index contributed by atoms with van der Waals surface area (Å²) in [4.78, 5) is 46.8. The summed E-state index contributed by atoms with van der Waals surface area (Å²) in [5.41, 5.74) is 0.0295. The van der Waals surface area contributed by atoms with Crippen LogP contribution in [0.5, 0.6) is 23.0 Å². The molecule has 0 bridgehead atoms. The zero-order chi connectivity index (χ0) is 30.5. The normalized spacial score (nSPS) is 10.1. The molecule has 0 spiro atoms. The highest BCUT2D eigenvalue weighted by atomic mass is 19.2. The first-order valence-electron chi connectivity index (χ1n) is 12.2. The first-order valence-corrected chi connectivity index (χ1v) is 12.2. The van der Waals surface area contributed by atoms with Gasteiger partial charge in [0.15, 0.2) is 11.5 Å². The SMILES string of the molecule is C=CC(=O)OCCOc1ccc(C(=O)Oc2ccc(OC(=O)c3ccc(OCCOC(=O)C=C)cc3)c(F)c2F)cc1. The zero-order valence-electron chi connectivity index (χ0n) is 22.0. The van der Waals surface area contributed by atoms with Gasteiger partial charge in [-0.3, -0.25) is 0 Å². The van der Waals surface area contributed by atoms with Crippen LogP contribution < -0.4 is 18.9 Å². The average Bonchev–Trinajstić information content (AvgIpc) is 3.01. The quantitative estimate of drug-likeness (QED) is 0.115. The lowest BCUT2D eigenvalue weighted by atomic mass is 10.2. The Hall–Kier alpha value is -5.52. The molecule has 218 valence electrons. The number of hydrogen-bond acceptors (Lipinski definition) is 10. The molecule has 0 atom stereocenters. The van der Waals surface area contributed by atoms with Gasteiger partial charge in [0, 0.05) is 12.2 Å². The van der Waals surface area contributed by atoms with Gasteiger partial charge in [-0.15, -0.1) is 0 Å². The lowest BCUT2D eigenvalue weighted by Crippen LogP contribution is -2.13. The van der Waals surface area contributed by atoms with Gasteiger partial charge in [0.25, 0.3) is 0 Å². The second-order valence-electron chi connectivity index (χ2n) is 7.96. The predicted octanol–water partition coefficient (Wildman–Crippen LogP) is 4.62. The molecular weight excluding hydrogens is 558 g/mol. The van der Waals surface area contributed by atoms with E-state index in [2.05, 4.69) is 13.2 Å². The fraction of sp³-hybridized carbons (Fsp3) is 0.133. The maximum atomic E-state index is 14.6. The van der Waals surface area contributed by atoms with Crippen molar-refractivity contribution in [3.8, 4) is 23.0 Å². The number of carbonyl (C=O) groups excluding carboxylic acids is 4. The molecule has 0 aliphatic heterocycles. The van der Waals surface area contributed by atoms with Gasteiger partial charge in [-0.1, -0.05) is 13.2 Å². The molecule has 0 fully saturated rings. The van der Waals surface area contributed by atoms with E-state index >= 15 is 0 Å². The van der Waals surface area contributed by atoms with Crippen molar-refractivity contribution in [3.05, 3.63) is 109 Å². The Morgan fingerprint density at radius 2 is 0.929 bits per heavy atom. The molecule has 10 nitrogen and oxygen atoms in total. The van der Waals surface area contributed by atoms with Gasteiger partial charge in [0.1, 0.15) is 37.9 Å². The Kier molecular flexibility index (Phi) is 11.3. The van der Waals surface area contributed by atoms with Crippen LogP contribution >= 0.6 is 0 Å². The summed E-state index contributed by atoms with van der Waals surface area (Å²) in [6, 6.07) is 13.0. The zero-order valence-corrected chi connectivity index (χ0v) is 22.0. The fourth-order valence-electron chi connectivity index (χ4n) is 3.09. The maximum absolute atomic E-state index is 14.6. The van der Waals surface area contributed by atoms with Crippen molar-refractivity contribution in [2.24, 2.45) is 0 Å². The highest BCUT2D eigenvalue weighted by Crippen LogP contribution is 2.29. The Morgan fingerprint density at radius 1 is 0.571 bits per heavy atom. The molecule has 0 heterocycles. The van der Waals surface area contributed by atoms with E-state index in [9.17, 15) is 28.0 Å². The van der Waals surface area contributed by atoms with E-state index in [0.717, 1.165) is 24.3 Å². The van der Waals surface area contributed by atoms with Crippen molar-refractivity contribution in [1.82, 2.24) is 0 Å². The van der Waals surface area contributed by atoms with Gasteiger partial charge in [0.2, 0.25) is 11.6 Å². The van der Waals surface area contributed by atoms with Crippen molar-refractivity contribution in [1.29, 1.82) is 0 Å². The fourth-order valence-corrected chi connectivity index (χ4v) is 3.09. The minimum Gasteiger partial charge on any atom is -0.490 e. The van der Waals surface area contributed by atoms with Crippen LogP contribution in [0.1, 0.15) is 20.7 Å². The lowest BCUT2D eigenvalue weighted by molar-refractivity contribution is -0.139. The van der Waals surface area contributed by atoms with E-state index in [4.69, 9.17) is 28.4 Å². The average molecular weight is 583 g/mol. The van der Waals surface area contributed by atoms with Crippen molar-refractivity contribution in [2.75, 3.05) is 26.4 Å². The maximum Gasteiger partial charge on any atom is 0.343 e. The van der Waals surface area contributed by atoms with Gasteiger partial charge in [-0.2, -0.15) is 8.78 Å². The van der Waals surface area contributed by atoms with Crippen LogP contribution in [0, 0.1) is 11.6 Å². The molecule has 0 N–H and O–H groups in total. The number of halogens is 2. The lowest BCUT2D eigenvalue weighted by Gasteiger charge is -2.11. The van der Waals surface area contributed by atoms with E-state index in [1.54, 1.807) is 0 Å². The highest BCUT2D eigenvalue weighted by molar-refractivity contribution is 5.92. The Bertz CT molecular complexity index is 1340. The van der Waals surface area contributed by atoms with Crippen LogP contribution in [0.4, 0.5) is 8.78 Å². The molecule has 0 amide bonds. The number of esters is 4. The first-order chi connectivity index (χ1) is 20.2. The summed E-state index contributed by atoms with van der Waals surface area (Å²) >= 11 is 0. The molecule has 3 aromatic rings. The topological polar surface area (TPSA) is 124 Å². The van der Waals surface area contributed by atoms with Gasteiger partial charge in [-0.25, -0.2) is 19.2 Å². The Morgan fingerprint density at radius 3 is 1.26 bits per heavy atom. The summed E-state index contributed by atoms with van der Waals surface area (Å²) in [5, 5.41) is 0. The molecule has 3 aromatic carbocycles. The first kappa shape index (κ1) is 31.0. The van der Waals surface area contributed by atoms with E-state index in [1.165, 1.54) is 48.5 Å². The van der Waals surface area contributed by atoms with Gasteiger partial charge >= 0.3 is 23.9 Å². The third-order valence-corrected chi connectivity index (χ3v) is 5.12. The van der Waals surface area contributed by atoms with Crippen LogP contribution in [0.15, 0.2) is 86.0 Å². The predicted molar refractivity (Wildman–Crippen MR) is 142 cm³/mol. The number of ether oxygens (including phenoxy) is 6. The van der Waals surface area contributed by atoms with Crippen LogP contribution in [0.3, 0.4) is 0 Å². The van der Waals surface area contributed by atoms with E-state index < -0.39 is 47.0 Å². The summed E-state index contributed by atoms with van der Waals surface area (Å²) in [6.45, 7) is 6.63. The van der Waals surface area contributed by atoms with E-state index in [0.29, 0.717) is 11.5 Å². The summed E-state index contributed by atoms with van der Waals surface area (Å²) in [6.07, 6.45) is 2.04. The smallest absolute Gasteiger partial charge is 0.343 e. The molecular formula is C30H24F2O10. The molecule has 12 heteroatoms. The second-order valence-corrected chi connectivity index (χ2v) is 7.96. The molecule has 0 radical (unpaired) electrons. The van der Waals surface area contributed by atoms with E-state index in [-0.39, 0.29) is 37.6 Å². The number of carbonyl (C=O) groups is 4. The molecule has 0 unspecified atom stereocenters. The third kappa shape index (κ3) is 9.01. The molecule has 0 saturated heterocycles. The number of hydrogen-bond donors (Lipinski definition) is 0. The van der Waals surface area contributed by atoms with Crippen molar-refractivity contribution < 1.29 is 56.4 Å². The standard InChI is InChI=1S/C30H24F2O10/c1-3-25(33)39-17-15-37-21-9-5-19(6-10-21)29(35)41-23-13-14-24(28(32)27(23)31)42-30(36)20-7-11-22(12-8-20)38-16-18-40-26(34)4-2/h3-14H,1-2,15-18H2. The van der Waals surface area contributed by atoms with Gasteiger partial charge in [-0.05, 0) is 60.7 Å². The van der Waals surface area contributed by atoms with Crippen LogP contribution in [0.25, 0.3) is 0 Å². The van der Waals surface area contributed by atoms with Gasteiger partial charge in [0.05, 0.1) is 11.1 Å². The van der Waals surface area contributed by atoms with Crippen molar-refractivity contribution in [2.45, 2.75) is 0 Å². The molecule has 3 rings (SSSR count). The number of benzene rings is 3. The van der Waals surface area contributed by atoms with E-state index in [1.807, 2.05) is 0 Å². The Labute approximate surface area is 238 Å².